The number of carbonyl (C=O) groups is 2. The van der Waals surface area contributed by atoms with Crippen molar-refractivity contribution in [2.75, 3.05) is 20.3 Å². The van der Waals surface area contributed by atoms with Gasteiger partial charge in [0, 0.05) is 16.6 Å². The lowest BCUT2D eigenvalue weighted by Gasteiger charge is -2.18. The molecule has 1 heterocycles. The number of benzene rings is 1. The molecule has 0 saturated carbocycles. The van der Waals surface area contributed by atoms with Crippen LogP contribution in [0.1, 0.15) is 12.0 Å². The Balaban J connectivity index is 2.01. The summed E-state index contributed by atoms with van der Waals surface area (Å²) < 4.78 is 11.1. The van der Waals surface area contributed by atoms with Crippen molar-refractivity contribution in [3.8, 4) is 0 Å². The molecule has 2 atom stereocenters. The maximum absolute atomic E-state index is 12.1. The lowest BCUT2D eigenvalue weighted by Crippen LogP contribution is -2.45. The third-order valence-corrected chi connectivity index (χ3v) is 4.17. The normalized spacial score (nSPS) is 19.0. The Morgan fingerprint density at radius 2 is 2.14 bits per heavy atom. The number of ether oxygens (including phenoxy) is 2. The smallest absolute Gasteiger partial charge is 0.328 e. The topological polar surface area (TPSA) is 64.6 Å². The van der Waals surface area contributed by atoms with Gasteiger partial charge in [0.15, 0.2) is 0 Å². The highest BCUT2D eigenvalue weighted by atomic mass is 127. The van der Waals surface area contributed by atoms with Crippen LogP contribution in [-0.2, 0) is 25.5 Å². The molecule has 1 amide bonds. The first-order valence-corrected chi connectivity index (χ1v) is 7.88. The van der Waals surface area contributed by atoms with Gasteiger partial charge in [0.1, 0.15) is 6.04 Å². The molecule has 1 aliphatic rings. The Kier molecular flexibility index (Phi) is 5.98. The molecule has 2 rings (SSSR count). The average Bonchev–Trinajstić information content (AvgIpc) is 3.02. The molecule has 1 N–H and O–H groups in total. The number of carbonyl (C=O) groups excluding carboxylic acids is 2. The number of esters is 1. The van der Waals surface area contributed by atoms with E-state index in [0.717, 1.165) is 9.13 Å². The second kappa shape index (κ2) is 7.74. The van der Waals surface area contributed by atoms with Crippen LogP contribution in [0.3, 0.4) is 0 Å². The van der Waals surface area contributed by atoms with Gasteiger partial charge in [-0.15, -0.1) is 0 Å². The van der Waals surface area contributed by atoms with Crippen LogP contribution in [0.5, 0.6) is 0 Å². The Morgan fingerprint density at radius 3 is 2.71 bits per heavy atom. The van der Waals surface area contributed by atoms with Crippen LogP contribution < -0.4 is 5.32 Å². The minimum atomic E-state index is -0.664. The van der Waals surface area contributed by atoms with Crippen molar-refractivity contribution >= 4 is 34.5 Å². The fourth-order valence-corrected chi connectivity index (χ4v) is 2.58. The minimum absolute atomic E-state index is 0.145. The number of nitrogens with one attached hydrogen (secondary N) is 1. The molecule has 6 heteroatoms. The minimum Gasteiger partial charge on any atom is -0.467 e. The molecular weight excluding hydrogens is 385 g/mol. The largest absolute Gasteiger partial charge is 0.467 e. The summed E-state index contributed by atoms with van der Waals surface area (Å²) in [5.41, 5.74) is 0.980. The van der Waals surface area contributed by atoms with Crippen molar-refractivity contribution in [2.24, 2.45) is 5.92 Å². The zero-order valence-corrected chi connectivity index (χ0v) is 14.0. The van der Waals surface area contributed by atoms with Gasteiger partial charge in [0.2, 0.25) is 5.91 Å². The highest BCUT2D eigenvalue weighted by molar-refractivity contribution is 14.1. The molecule has 1 aromatic rings. The molecule has 1 fully saturated rings. The van der Waals surface area contributed by atoms with E-state index in [0.29, 0.717) is 26.1 Å². The van der Waals surface area contributed by atoms with E-state index in [4.69, 9.17) is 9.47 Å². The third-order valence-electron chi connectivity index (χ3n) is 3.46. The molecule has 5 nitrogen and oxygen atoms in total. The SMILES string of the molecule is COC(=O)[C@@H](Cc1ccc(I)cc1)NC(=O)[C@H]1CCOC1. The first-order chi connectivity index (χ1) is 10.1. The van der Waals surface area contributed by atoms with E-state index in [9.17, 15) is 9.59 Å². The molecule has 1 aliphatic heterocycles. The van der Waals surface area contributed by atoms with Crippen molar-refractivity contribution in [2.45, 2.75) is 18.9 Å². The molecule has 0 spiro atoms. The molecular formula is C15H18INO4. The average molecular weight is 403 g/mol. The maximum Gasteiger partial charge on any atom is 0.328 e. The molecule has 1 aromatic carbocycles. The van der Waals surface area contributed by atoms with Gasteiger partial charge in [-0.3, -0.25) is 4.79 Å². The standard InChI is InChI=1S/C15H18INO4/c1-20-15(19)13(8-10-2-4-12(16)5-3-10)17-14(18)11-6-7-21-9-11/h2-5,11,13H,6-9H2,1H3,(H,17,18)/t11-,13+/m0/s1. The molecule has 114 valence electrons. The van der Waals surface area contributed by atoms with Crippen LogP contribution in [0.2, 0.25) is 0 Å². The number of hydrogen-bond donors (Lipinski definition) is 1. The Labute approximate surface area is 137 Å². The Bertz CT molecular complexity index is 497. The van der Waals surface area contributed by atoms with Crippen molar-refractivity contribution in [1.29, 1.82) is 0 Å². The van der Waals surface area contributed by atoms with Gasteiger partial charge in [-0.25, -0.2) is 4.79 Å². The summed E-state index contributed by atoms with van der Waals surface area (Å²) in [5, 5.41) is 2.78. The zero-order chi connectivity index (χ0) is 15.2. The summed E-state index contributed by atoms with van der Waals surface area (Å²) in [4.78, 5) is 24.0. The van der Waals surface area contributed by atoms with Crippen LogP contribution in [0.15, 0.2) is 24.3 Å². The second-order valence-corrected chi connectivity index (χ2v) is 6.22. The fourth-order valence-electron chi connectivity index (χ4n) is 2.22. The van der Waals surface area contributed by atoms with Crippen LogP contribution in [0.25, 0.3) is 0 Å². The van der Waals surface area contributed by atoms with E-state index in [2.05, 4.69) is 27.9 Å². The van der Waals surface area contributed by atoms with E-state index in [1.54, 1.807) is 0 Å². The Morgan fingerprint density at radius 1 is 1.43 bits per heavy atom. The highest BCUT2D eigenvalue weighted by Gasteiger charge is 2.28. The molecule has 0 bridgehead atoms. The maximum atomic E-state index is 12.1. The van der Waals surface area contributed by atoms with Crippen LogP contribution >= 0.6 is 22.6 Å². The quantitative estimate of drug-likeness (QED) is 0.599. The van der Waals surface area contributed by atoms with Crippen LogP contribution in [0, 0.1) is 9.49 Å². The third kappa shape index (κ3) is 4.67. The molecule has 1 saturated heterocycles. The van der Waals surface area contributed by atoms with E-state index in [1.165, 1.54) is 7.11 Å². The summed E-state index contributed by atoms with van der Waals surface area (Å²) in [6.45, 7) is 1.02. The summed E-state index contributed by atoms with van der Waals surface area (Å²) in [7, 11) is 1.33. The van der Waals surface area contributed by atoms with Crippen LogP contribution in [-0.4, -0.2) is 38.2 Å². The van der Waals surface area contributed by atoms with Crippen molar-refractivity contribution < 1.29 is 19.1 Å². The highest BCUT2D eigenvalue weighted by Crippen LogP contribution is 2.14. The summed E-state index contributed by atoms with van der Waals surface area (Å²) in [5.74, 6) is -0.747. The van der Waals surface area contributed by atoms with E-state index >= 15 is 0 Å². The second-order valence-electron chi connectivity index (χ2n) is 4.98. The zero-order valence-electron chi connectivity index (χ0n) is 11.8. The van der Waals surface area contributed by atoms with E-state index in [-0.39, 0.29) is 11.8 Å². The number of halogens is 1. The van der Waals surface area contributed by atoms with Crippen molar-refractivity contribution in [1.82, 2.24) is 5.32 Å². The summed E-state index contributed by atoms with van der Waals surface area (Å²) >= 11 is 2.22. The van der Waals surface area contributed by atoms with Gasteiger partial charge in [0.25, 0.3) is 0 Å². The monoisotopic (exact) mass is 403 g/mol. The molecule has 0 unspecified atom stereocenters. The number of hydrogen-bond acceptors (Lipinski definition) is 4. The number of rotatable bonds is 5. The van der Waals surface area contributed by atoms with Crippen LogP contribution in [0.4, 0.5) is 0 Å². The number of amides is 1. The molecule has 0 aromatic heterocycles. The predicted molar refractivity (Wildman–Crippen MR) is 85.7 cm³/mol. The van der Waals surface area contributed by atoms with Crippen molar-refractivity contribution in [3.63, 3.8) is 0 Å². The predicted octanol–water partition coefficient (Wildman–Crippen LogP) is 1.53. The van der Waals surface area contributed by atoms with Gasteiger partial charge in [-0.05, 0) is 46.7 Å². The molecule has 0 aliphatic carbocycles. The van der Waals surface area contributed by atoms with E-state index < -0.39 is 12.0 Å². The van der Waals surface area contributed by atoms with Gasteiger partial charge in [0.05, 0.1) is 19.6 Å². The van der Waals surface area contributed by atoms with Gasteiger partial charge in [-0.2, -0.15) is 0 Å². The van der Waals surface area contributed by atoms with Gasteiger partial charge >= 0.3 is 5.97 Å². The van der Waals surface area contributed by atoms with Gasteiger partial charge < -0.3 is 14.8 Å². The van der Waals surface area contributed by atoms with Crippen molar-refractivity contribution in [3.05, 3.63) is 33.4 Å². The summed E-state index contributed by atoms with van der Waals surface area (Å²) in [6.07, 6.45) is 1.12. The lowest BCUT2D eigenvalue weighted by atomic mass is 10.0. The molecule has 21 heavy (non-hydrogen) atoms. The first-order valence-electron chi connectivity index (χ1n) is 6.80. The van der Waals surface area contributed by atoms with E-state index in [1.807, 2.05) is 24.3 Å². The number of methoxy groups -OCH3 is 1. The van der Waals surface area contributed by atoms with Gasteiger partial charge in [-0.1, -0.05) is 12.1 Å². The summed E-state index contributed by atoms with van der Waals surface area (Å²) in [6, 6.07) is 7.17. The lowest BCUT2D eigenvalue weighted by molar-refractivity contribution is -0.145. The molecule has 0 radical (unpaired) electrons. The Hall–Kier alpha value is -1.15. The fraction of sp³-hybridized carbons (Fsp3) is 0.467. The first kappa shape index (κ1) is 16.2.